The van der Waals surface area contributed by atoms with Crippen molar-refractivity contribution >= 4 is 16.9 Å². The van der Waals surface area contributed by atoms with Crippen molar-refractivity contribution in [3.8, 4) is 22.6 Å². The number of carbonyl (C=O) groups is 1. The van der Waals surface area contributed by atoms with E-state index in [0.717, 1.165) is 17.7 Å². The molecule has 1 amide bonds. The highest BCUT2D eigenvalue weighted by Gasteiger charge is 2.31. The molecule has 1 aliphatic rings. The third kappa shape index (κ3) is 4.43. The lowest BCUT2D eigenvalue weighted by molar-refractivity contribution is -0.132. The summed E-state index contributed by atoms with van der Waals surface area (Å²) in [5.74, 6) is -2.53. The van der Waals surface area contributed by atoms with E-state index >= 15 is 4.39 Å². The van der Waals surface area contributed by atoms with Gasteiger partial charge in [-0.1, -0.05) is 44.7 Å². The quantitative estimate of drug-likeness (QED) is 0.292. The van der Waals surface area contributed by atoms with Crippen LogP contribution >= 0.6 is 0 Å². The molecule has 0 saturated carbocycles. The van der Waals surface area contributed by atoms with E-state index in [2.05, 4.69) is 6.58 Å². The van der Waals surface area contributed by atoms with Gasteiger partial charge in [-0.05, 0) is 41.8 Å². The van der Waals surface area contributed by atoms with Crippen LogP contribution in [-0.4, -0.2) is 38.1 Å². The van der Waals surface area contributed by atoms with Gasteiger partial charge in [0, 0.05) is 37.2 Å². The van der Waals surface area contributed by atoms with Crippen LogP contribution in [0.25, 0.3) is 27.8 Å². The Morgan fingerprint density at radius 1 is 1.03 bits per heavy atom. The molecule has 0 aliphatic carbocycles. The van der Waals surface area contributed by atoms with Gasteiger partial charge in [0.05, 0.1) is 22.3 Å². The monoisotopic (exact) mass is 531 g/mol. The number of fused-ring (bicyclic) bond motifs is 1. The lowest BCUT2D eigenvalue weighted by Crippen LogP contribution is -2.52. The number of aromatic nitrogens is 2. The molecular formula is C30H27F2N3O4. The van der Waals surface area contributed by atoms with Gasteiger partial charge in [-0.2, -0.15) is 0 Å². The van der Waals surface area contributed by atoms with Gasteiger partial charge >= 0.3 is 11.1 Å². The van der Waals surface area contributed by atoms with Crippen LogP contribution in [0.3, 0.4) is 0 Å². The first kappa shape index (κ1) is 26.1. The largest absolute Gasteiger partial charge is 0.507 e. The second-order valence-electron chi connectivity index (χ2n) is 10.0. The van der Waals surface area contributed by atoms with Crippen LogP contribution < -0.4 is 11.1 Å². The zero-order valence-electron chi connectivity index (χ0n) is 21.5. The molecule has 1 saturated heterocycles. The number of nitrogens with zero attached hydrogens (tertiary/aromatic N) is 3. The standard InChI is InChI=1S/C30H27F2N3O4/c1-4-27(37)33-14-18(15-33)16-34-24-13-22(32)20(28-21(31)9-7-11-26(28)36)12-25(24)35(30(39)29(34)38)23-10-6-5-8-19(23)17(2)3/h4-13,17-18,36H,1,14-16H2,2-3H3. The van der Waals surface area contributed by atoms with E-state index in [1.165, 1.54) is 33.4 Å². The summed E-state index contributed by atoms with van der Waals surface area (Å²) < 4.78 is 32.9. The molecule has 0 spiro atoms. The summed E-state index contributed by atoms with van der Waals surface area (Å²) in [5, 5.41) is 10.4. The van der Waals surface area contributed by atoms with Crippen molar-refractivity contribution in [2.24, 2.45) is 5.92 Å². The number of amides is 1. The molecule has 1 fully saturated rings. The van der Waals surface area contributed by atoms with Gasteiger partial charge in [0.25, 0.3) is 0 Å². The molecule has 0 bridgehead atoms. The summed E-state index contributed by atoms with van der Waals surface area (Å²) in [6.07, 6.45) is 1.21. The first-order valence-electron chi connectivity index (χ1n) is 12.6. The highest BCUT2D eigenvalue weighted by molar-refractivity contribution is 5.88. The minimum Gasteiger partial charge on any atom is -0.507 e. The number of carbonyl (C=O) groups excluding carboxylic acids is 1. The van der Waals surface area contributed by atoms with Crippen molar-refractivity contribution in [3.63, 3.8) is 0 Å². The molecule has 0 atom stereocenters. The lowest BCUT2D eigenvalue weighted by atomic mass is 9.98. The molecule has 1 N–H and O–H groups in total. The number of benzene rings is 3. The van der Waals surface area contributed by atoms with Crippen LogP contribution in [0.15, 0.2) is 76.8 Å². The first-order chi connectivity index (χ1) is 18.6. The van der Waals surface area contributed by atoms with Crippen molar-refractivity contribution in [3.05, 3.63) is 105 Å². The lowest BCUT2D eigenvalue weighted by Gasteiger charge is -2.39. The molecule has 1 aliphatic heterocycles. The zero-order valence-corrected chi connectivity index (χ0v) is 21.5. The summed E-state index contributed by atoms with van der Waals surface area (Å²) in [5.41, 5.74) is -0.703. The molecular weight excluding hydrogens is 504 g/mol. The van der Waals surface area contributed by atoms with Crippen LogP contribution in [-0.2, 0) is 11.3 Å². The Morgan fingerprint density at radius 3 is 2.41 bits per heavy atom. The molecule has 0 radical (unpaired) electrons. The third-order valence-corrected chi connectivity index (χ3v) is 7.17. The van der Waals surface area contributed by atoms with Gasteiger partial charge in [-0.25, -0.2) is 8.78 Å². The van der Waals surface area contributed by atoms with Crippen molar-refractivity contribution < 1.29 is 18.7 Å². The average molecular weight is 532 g/mol. The van der Waals surface area contributed by atoms with Crippen molar-refractivity contribution in [2.75, 3.05) is 13.1 Å². The molecule has 4 aromatic rings. The smallest absolute Gasteiger partial charge is 0.321 e. The minimum atomic E-state index is -0.865. The molecule has 200 valence electrons. The first-order valence-corrected chi connectivity index (χ1v) is 12.6. The molecule has 39 heavy (non-hydrogen) atoms. The van der Waals surface area contributed by atoms with E-state index in [9.17, 15) is 23.9 Å². The topological polar surface area (TPSA) is 84.5 Å². The van der Waals surface area contributed by atoms with Crippen molar-refractivity contribution in [1.82, 2.24) is 14.0 Å². The molecule has 1 aromatic heterocycles. The van der Waals surface area contributed by atoms with Crippen LogP contribution in [0.4, 0.5) is 8.78 Å². The van der Waals surface area contributed by atoms with E-state index in [1.807, 2.05) is 26.0 Å². The third-order valence-electron chi connectivity index (χ3n) is 7.17. The van der Waals surface area contributed by atoms with E-state index in [4.69, 9.17) is 0 Å². The fourth-order valence-corrected chi connectivity index (χ4v) is 5.20. The fraction of sp³-hybridized carbons (Fsp3) is 0.233. The van der Waals surface area contributed by atoms with E-state index in [-0.39, 0.29) is 46.4 Å². The zero-order chi connectivity index (χ0) is 28.0. The Labute approximate surface area is 222 Å². The fourth-order valence-electron chi connectivity index (χ4n) is 5.20. The maximum Gasteiger partial charge on any atom is 0.321 e. The Morgan fingerprint density at radius 2 is 1.74 bits per heavy atom. The van der Waals surface area contributed by atoms with Gasteiger partial charge < -0.3 is 14.6 Å². The second kappa shape index (κ2) is 9.98. The highest BCUT2D eigenvalue weighted by Crippen LogP contribution is 2.36. The summed E-state index contributed by atoms with van der Waals surface area (Å²) in [7, 11) is 0. The highest BCUT2D eigenvalue weighted by atomic mass is 19.1. The SMILES string of the molecule is C=CC(=O)N1CC(Cn2c(=O)c(=O)n(-c3ccccc3C(C)C)c3cc(-c4c(O)cccc4F)c(F)cc32)C1. The number of likely N-dealkylation sites (tertiary alicyclic amines) is 1. The second-order valence-corrected chi connectivity index (χ2v) is 10.0. The van der Waals surface area contributed by atoms with Crippen molar-refractivity contribution in [2.45, 2.75) is 26.3 Å². The maximum atomic E-state index is 15.6. The van der Waals surface area contributed by atoms with Gasteiger partial charge in [0.15, 0.2) is 0 Å². The van der Waals surface area contributed by atoms with Gasteiger partial charge in [-0.15, -0.1) is 0 Å². The normalized spacial score (nSPS) is 13.6. The number of aromatic hydroxyl groups is 1. The molecule has 5 rings (SSSR count). The van der Waals surface area contributed by atoms with E-state index in [1.54, 1.807) is 17.0 Å². The molecule has 3 aromatic carbocycles. The number of hydrogen-bond acceptors (Lipinski definition) is 4. The maximum absolute atomic E-state index is 15.6. The van der Waals surface area contributed by atoms with Crippen molar-refractivity contribution in [1.29, 1.82) is 0 Å². The van der Waals surface area contributed by atoms with Crippen LogP contribution in [0.2, 0.25) is 0 Å². The number of phenolic OH excluding ortho intramolecular Hbond substituents is 1. The summed E-state index contributed by atoms with van der Waals surface area (Å²) in [6, 6.07) is 13.1. The minimum absolute atomic E-state index is 0.00975. The van der Waals surface area contributed by atoms with Crippen LogP contribution in [0.5, 0.6) is 5.75 Å². The molecule has 2 heterocycles. The predicted octanol–water partition coefficient (Wildman–Crippen LogP) is 4.57. The number of rotatable bonds is 6. The summed E-state index contributed by atoms with van der Waals surface area (Å²) in [6.45, 7) is 8.18. The number of halogens is 2. The Kier molecular flexibility index (Phi) is 6.68. The van der Waals surface area contributed by atoms with E-state index < -0.39 is 28.5 Å². The van der Waals surface area contributed by atoms with Gasteiger partial charge in [-0.3, -0.25) is 19.0 Å². The van der Waals surface area contributed by atoms with Gasteiger partial charge in [0.2, 0.25) is 5.91 Å². The Hall–Kier alpha value is -4.53. The molecule has 0 unspecified atom stereocenters. The Balaban J connectivity index is 1.80. The number of phenols is 1. The van der Waals surface area contributed by atoms with E-state index in [0.29, 0.717) is 18.8 Å². The number of para-hydroxylation sites is 1. The summed E-state index contributed by atoms with van der Waals surface area (Å²) in [4.78, 5) is 40.6. The Bertz CT molecular complexity index is 1730. The van der Waals surface area contributed by atoms with Crippen LogP contribution in [0, 0.1) is 17.6 Å². The predicted molar refractivity (Wildman–Crippen MR) is 145 cm³/mol. The van der Waals surface area contributed by atoms with Gasteiger partial charge in [0.1, 0.15) is 17.4 Å². The molecule has 9 heteroatoms. The van der Waals surface area contributed by atoms with Crippen LogP contribution in [0.1, 0.15) is 25.3 Å². The number of hydrogen-bond donors (Lipinski definition) is 1. The molecule has 7 nitrogen and oxygen atoms in total. The summed E-state index contributed by atoms with van der Waals surface area (Å²) >= 11 is 0. The average Bonchev–Trinajstić information content (AvgIpc) is 2.88.